The molecule has 0 N–H and O–H groups in total. The fraction of sp³-hybridized carbons (Fsp3) is 0.533. The Hall–Kier alpha value is -0.730. The first kappa shape index (κ1) is 13.3. The Morgan fingerprint density at radius 2 is 1.89 bits per heavy atom. The minimum absolute atomic E-state index is 0.121. The van der Waals surface area contributed by atoms with Gasteiger partial charge in [0.25, 0.3) is 5.91 Å². The second-order valence-electron chi connectivity index (χ2n) is 5.58. The van der Waals surface area contributed by atoms with E-state index in [0.717, 1.165) is 36.8 Å². The van der Waals surface area contributed by atoms with Crippen LogP contribution in [0.2, 0.25) is 5.02 Å². The monoisotopic (exact) mass is 297 g/mol. The summed E-state index contributed by atoms with van der Waals surface area (Å²) in [4.78, 5) is 14.8. The number of fused-ring (bicyclic) bond motifs is 2. The van der Waals surface area contributed by atoms with Crippen LogP contribution in [0.5, 0.6) is 0 Å². The Morgan fingerprint density at radius 1 is 1.26 bits per heavy atom. The molecule has 2 aliphatic heterocycles. The third kappa shape index (κ3) is 2.25. The number of carbonyl (C=O) groups excluding carboxylic acids is 1. The van der Waals surface area contributed by atoms with Crippen molar-refractivity contribution < 1.29 is 4.79 Å². The van der Waals surface area contributed by atoms with Crippen LogP contribution < -0.4 is 0 Å². The molecular formula is C15H17Cl2NO. The van der Waals surface area contributed by atoms with E-state index in [1.54, 1.807) is 0 Å². The largest absolute Gasteiger partial charge is 0.333 e. The molecule has 1 amide bonds. The number of alkyl halides is 1. The smallest absolute Gasteiger partial charge is 0.254 e. The topological polar surface area (TPSA) is 20.3 Å². The molecule has 2 fully saturated rings. The minimum atomic E-state index is 0.121. The van der Waals surface area contributed by atoms with Gasteiger partial charge in [0.15, 0.2) is 0 Å². The van der Waals surface area contributed by atoms with E-state index in [-0.39, 0.29) is 11.3 Å². The van der Waals surface area contributed by atoms with Gasteiger partial charge in [-0.1, -0.05) is 17.7 Å². The lowest BCUT2D eigenvalue weighted by Crippen LogP contribution is -2.47. The van der Waals surface area contributed by atoms with E-state index in [0.29, 0.717) is 17.1 Å². The molecule has 102 valence electrons. The van der Waals surface area contributed by atoms with Gasteiger partial charge in [0.05, 0.1) is 0 Å². The van der Waals surface area contributed by atoms with Gasteiger partial charge >= 0.3 is 0 Å². The van der Waals surface area contributed by atoms with Crippen LogP contribution in [0.15, 0.2) is 18.2 Å². The van der Waals surface area contributed by atoms with E-state index < -0.39 is 0 Å². The molecule has 0 aliphatic carbocycles. The fourth-order valence-corrected chi connectivity index (χ4v) is 4.01. The summed E-state index contributed by atoms with van der Waals surface area (Å²) in [7, 11) is 0. The lowest BCUT2D eigenvalue weighted by Gasteiger charge is -2.37. The Kier molecular flexibility index (Phi) is 3.48. The third-order valence-electron chi connectivity index (χ3n) is 4.41. The zero-order valence-electron chi connectivity index (χ0n) is 10.9. The molecule has 0 radical (unpaired) electrons. The first-order valence-electron chi connectivity index (χ1n) is 6.79. The molecule has 2 unspecified atom stereocenters. The predicted octanol–water partition coefficient (Wildman–Crippen LogP) is 4.02. The molecule has 2 bridgehead atoms. The van der Waals surface area contributed by atoms with Crippen LogP contribution in [0.3, 0.4) is 0 Å². The van der Waals surface area contributed by atoms with Crippen LogP contribution >= 0.6 is 23.2 Å². The summed E-state index contributed by atoms with van der Waals surface area (Å²) in [6.45, 7) is 1.91. The summed E-state index contributed by atoms with van der Waals surface area (Å²) >= 11 is 12.4. The number of halogens is 2. The zero-order chi connectivity index (χ0) is 13.6. The number of piperidine rings is 1. The molecule has 2 saturated heterocycles. The van der Waals surface area contributed by atoms with Gasteiger partial charge < -0.3 is 4.90 Å². The molecule has 4 heteroatoms. The first-order valence-corrected chi connectivity index (χ1v) is 7.61. The number of rotatable bonds is 1. The summed E-state index contributed by atoms with van der Waals surface area (Å²) in [5.41, 5.74) is 1.61. The van der Waals surface area contributed by atoms with Gasteiger partial charge in [-0.2, -0.15) is 0 Å². The van der Waals surface area contributed by atoms with E-state index in [1.807, 2.05) is 25.1 Å². The highest BCUT2D eigenvalue weighted by atomic mass is 35.5. The molecular weight excluding hydrogens is 281 g/mol. The number of hydrogen-bond acceptors (Lipinski definition) is 1. The van der Waals surface area contributed by atoms with Crippen molar-refractivity contribution in [3.05, 3.63) is 34.3 Å². The van der Waals surface area contributed by atoms with Crippen LogP contribution in [0.1, 0.15) is 41.6 Å². The van der Waals surface area contributed by atoms with Gasteiger partial charge in [0.1, 0.15) is 0 Å². The maximum atomic E-state index is 12.8. The van der Waals surface area contributed by atoms with E-state index in [2.05, 4.69) is 4.90 Å². The van der Waals surface area contributed by atoms with E-state index >= 15 is 0 Å². The summed E-state index contributed by atoms with van der Waals surface area (Å²) in [5.74, 6) is 0.121. The highest BCUT2D eigenvalue weighted by molar-refractivity contribution is 6.31. The SMILES string of the molecule is Cc1c(Cl)cccc1C(=O)N1C2CCC1CC(Cl)C2. The molecule has 3 rings (SSSR count). The first-order chi connectivity index (χ1) is 9.08. The molecule has 19 heavy (non-hydrogen) atoms. The number of carbonyl (C=O) groups is 1. The standard InChI is InChI=1S/C15H17Cl2NO/c1-9-13(3-2-4-14(9)17)15(19)18-11-5-6-12(18)8-10(16)7-11/h2-4,10-12H,5-8H2,1H3. The summed E-state index contributed by atoms with van der Waals surface area (Å²) in [6.07, 6.45) is 4.01. The Bertz CT molecular complexity index is 503. The summed E-state index contributed by atoms with van der Waals surface area (Å²) in [5, 5.41) is 0.882. The lowest BCUT2D eigenvalue weighted by molar-refractivity contribution is 0.0599. The molecule has 0 aromatic heterocycles. The Labute approximate surface area is 123 Å². The second-order valence-corrected chi connectivity index (χ2v) is 6.60. The van der Waals surface area contributed by atoms with Crippen molar-refractivity contribution in [2.75, 3.05) is 0 Å². The maximum Gasteiger partial charge on any atom is 0.254 e. The Morgan fingerprint density at radius 3 is 2.53 bits per heavy atom. The summed E-state index contributed by atoms with van der Waals surface area (Å²) < 4.78 is 0. The average molecular weight is 298 g/mol. The van der Waals surface area contributed by atoms with E-state index in [1.165, 1.54) is 0 Å². The number of benzene rings is 1. The fourth-order valence-electron chi connectivity index (χ4n) is 3.42. The van der Waals surface area contributed by atoms with Crippen LogP contribution in [0, 0.1) is 6.92 Å². The van der Waals surface area contributed by atoms with Gasteiger partial charge in [-0.15, -0.1) is 11.6 Å². The van der Waals surface area contributed by atoms with Crippen LogP contribution in [0.25, 0.3) is 0 Å². The summed E-state index contributed by atoms with van der Waals surface area (Å²) in [6, 6.07) is 6.17. The van der Waals surface area contributed by atoms with Crippen LogP contribution in [-0.2, 0) is 0 Å². The van der Waals surface area contributed by atoms with Crippen molar-refractivity contribution in [3.8, 4) is 0 Å². The molecule has 2 atom stereocenters. The van der Waals surface area contributed by atoms with Gasteiger partial charge in [-0.3, -0.25) is 4.79 Å². The predicted molar refractivity (Wildman–Crippen MR) is 78.0 cm³/mol. The molecule has 0 saturated carbocycles. The molecule has 0 spiro atoms. The third-order valence-corrected chi connectivity index (χ3v) is 5.17. The van der Waals surface area contributed by atoms with Gasteiger partial charge in [0, 0.05) is 28.0 Å². The quantitative estimate of drug-likeness (QED) is 0.717. The molecule has 1 aromatic rings. The molecule has 2 aliphatic rings. The second kappa shape index (κ2) is 4.99. The maximum absolute atomic E-state index is 12.8. The van der Waals surface area contributed by atoms with Crippen LogP contribution in [0.4, 0.5) is 0 Å². The van der Waals surface area contributed by atoms with Crippen molar-refractivity contribution in [3.63, 3.8) is 0 Å². The normalized spacial score (nSPS) is 29.6. The van der Waals surface area contributed by atoms with Crippen molar-refractivity contribution in [2.24, 2.45) is 0 Å². The average Bonchev–Trinajstić information content (AvgIpc) is 2.64. The van der Waals surface area contributed by atoms with E-state index in [4.69, 9.17) is 23.2 Å². The number of hydrogen-bond donors (Lipinski definition) is 0. The van der Waals surface area contributed by atoms with Crippen LogP contribution in [-0.4, -0.2) is 28.3 Å². The van der Waals surface area contributed by atoms with Crippen molar-refractivity contribution in [2.45, 2.75) is 50.1 Å². The highest BCUT2D eigenvalue weighted by Gasteiger charge is 2.43. The zero-order valence-corrected chi connectivity index (χ0v) is 12.4. The lowest BCUT2D eigenvalue weighted by atomic mass is 9.99. The van der Waals surface area contributed by atoms with Gasteiger partial charge in [-0.05, 0) is 50.3 Å². The van der Waals surface area contributed by atoms with Crippen molar-refractivity contribution in [1.82, 2.24) is 4.90 Å². The van der Waals surface area contributed by atoms with Crippen molar-refractivity contribution in [1.29, 1.82) is 0 Å². The molecule has 2 nitrogen and oxygen atoms in total. The van der Waals surface area contributed by atoms with Gasteiger partial charge in [-0.25, -0.2) is 0 Å². The molecule has 1 aromatic carbocycles. The molecule has 2 heterocycles. The minimum Gasteiger partial charge on any atom is -0.333 e. The highest BCUT2D eigenvalue weighted by Crippen LogP contribution is 2.39. The Balaban J connectivity index is 1.91. The number of nitrogens with zero attached hydrogens (tertiary/aromatic N) is 1. The van der Waals surface area contributed by atoms with Gasteiger partial charge in [0.2, 0.25) is 0 Å². The van der Waals surface area contributed by atoms with E-state index in [9.17, 15) is 4.79 Å². The number of amides is 1. The van der Waals surface area contributed by atoms with Crippen molar-refractivity contribution >= 4 is 29.1 Å².